The SMILES string of the molecule is CC(C)Cc1ccc(N(C)C(CO)CCO)cc1. The van der Waals surface area contributed by atoms with E-state index in [9.17, 15) is 5.11 Å². The topological polar surface area (TPSA) is 43.7 Å². The van der Waals surface area contributed by atoms with Crippen LogP contribution in [0.1, 0.15) is 25.8 Å². The molecule has 0 fully saturated rings. The molecule has 18 heavy (non-hydrogen) atoms. The van der Waals surface area contributed by atoms with Crippen LogP contribution in [0.5, 0.6) is 0 Å². The zero-order chi connectivity index (χ0) is 13.5. The minimum absolute atomic E-state index is 0.0223. The van der Waals surface area contributed by atoms with Crippen LogP contribution in [0.15, 0.2) is 24.3 Å². The van der Waals surface area contributed by atoms with E-state index in [1.807, 2.05) is 11.9 Å². The summed E-state index contributed by atoms with van der Waals surface area (Å²) in [6.07, 6.45) is 1.67. The Morgan fingerprint density at radius 1 is 1.11 bits per heavy atom. The molecule has 102 valence electrons. The van der Waals surface area contributed by atoms with E-state index in [2.05, 4.69) is 38.1 Å². The van der Waals surface area contributed by atoms with Crippen molar-refractivity contribution >= 4 is 5.69 Å². The number of aliphatic hydroxyl groups is 2. The summed E-state index contributed by atoms with van der Waals surface area (Å²) in [5, 5.41) is 18.3. The summed E-state index contributed by atoms with van der Waals surface area (Å²) in [7, 11) is 1.95. The van der Waals surface area contributed by atoms with Crippen molar-refractivity contribution in [2.45, 2.75) is 32.7 Å². The molecule has 0 radical (unpaired) electrons. The molecule has 0 aliphatic heterocycles. The molecular formula is C15H25NO2. The van der Waals surface area contributed by atoms with Crippen LogP contribution in [0.4, 0.5) is 5.69 Å². The van der Waals surface area contributed by atoms with Crippen molar-refractivity contribution in [3.63, 3.8) is 0 Å². The number of hydrogen-bond donors (Lipinski definition) is 2. The van der Waals surface area contributed by atoms with Crippen LogP contribution in [0.25, 0.3) is 0 Å². The third kappa shape index (κ3) is 4.31. The number of rotatable bonds is 7. The molecule has 1 rings (SSSR count). The Morgan fingerprint density at radius 3 is 2.17 bits per heavy atom. The van der Waals surface area contributed by atoms with Gasteiger partial charge in [-0.1, -0.05) is 26.0 Å². The van der Waals surface area contributed by atoms with Gasteiger partial charge in [-0.3, -0.25) is 0 Å². The molecule has 0 bridgehead atoms. The molecular weight excluding hydrogens is 226 g/mol. The lowest BCUT2D eigenvalue weighted by Crippen LogP contribution is -2.35. The number of anilines is 1. The van der Waals surface area contributed by atoms with E-state index < -0.39 is 0 Å². The number of benzene rings is 1. The summed E-state index contributed by atoms with van der Waals surface area (Å²) in [6.45, 7) is 4.58. The molecule has 0 saturated heterocycles. The van der Waals surface area contributed by atoms with Gasteiger partial charge in [-0.2, -0.15) is 0 Å². The maximum absolute atomic E-state index is 9.31. The first-order valence-corrected chi connectivity index (χ1v) is 6.62. The van der Waals surface area contributed by atoms with Crippen molar-refractivity contribution in [1.29, 1.82) is 0 Å². The fourth-order valence-corrected chi connectivity index (χ4v) is 2.11. The second kappa shape index (κ2) is 7.39. The van der Waals surface area contributed by atoms with Gasteiger partial charge in [0.1, 0.15) is 0 Å². The van der Waals surface area contributed by atoms with Crippen LogP contribution >= 0.6 is 0 Å². The van der Waals surface area contributed by atoms with E-state index in [0.717, 1.165) is 12.1 Å². The lowest BCUT2D eigenvalue weighted by molar-refractivity contribution is 0.218. The summed E-state index contributed by atoms with van der Waals surface area (Å²) < 4.78 is 0. The van der Waals surface area contributed by atoms with Gasteiger partial charge in [0.2, 0.25) is 0 Å². The lowest BCUT2D eigenvalue weighted by Gasteiger charge is -2.28. The Kier molecular flexibility index (Phi) is 6.16. The highest BCUT2D eigenvalue weighted by Gasteiger charge is 2.13. The normalized spacial score (nSPS) is 12.8. The van der Waals surface area contributed by atoms with Crippen LogP contribution in [0.3, 0.4) is 0 Å². The Hall–Kier alpha value is -1.06. The molecule has 0 aromatic heterocycles. The first kappa shape index (κ1) is 15.0. The molecule has 0 heterocycles. The van der Waals surface area contributed by atoms with E-state index in [4.69, 9.17) is 5.11 Å². The molecule has 1 aromatic carbocycles. The zero-order valence-electron chi connectivity index (χ0n) is 11.6. The predicted molar refractivity (Wildman–Crippen MR) is 76.0 cm³/mol. The van der Waals surface area contributed by atoms with Gasteiger partial charge in [-0.15, -0.1) is 0 Å². The van der Waals surface area contributed by atoms with Crippen molar-refractivity contribution in [2.75, 3.05) is 25.2 Å². The Labute approximate surface area is 110 Å². The third-order valence-electron chi connectivity index (χ3n) is 3.21. The highest BCUT2D eigenvalue weighted by atomic mass is 16.3. The maximum atomic E-state index is 9.31. The molecule has 3 nitrogen and oxygen atoms in total. The molecule has 3 heteroatoms. The zero-order valence-corrected chi connectivity index (χ0v) is 11.6. The van der Waals surface area contributed by atoms with Gasteiger partial charge < -0.3 is 15.1 Å². The van der Waals surface area contributed by atoms with Crippen LogP contribution in [-0.4, -0.2) is 36.5 Å². The molecule has 0 aliphatic rings. The molecule has 1 unspecified atom stereocenters. The summed E-state index contributed by atoms with van der Waals surface area (Å²) in [5.74, 6) is 0.660. The Bertz CT molecular complexity index is 335. The lowest BCUT2D eigenvalue weighted by atomic mass is 10.0. The first-order chi connectivity index (χ1) is 8.58. The largest absolute Gasteiger partial charge is 0.396 e. The van der Waals surface area contributed by atoms with Gasteiger partial charge in [0, 0.05) is 19.3 Å². The molecule has 0 amide bonds. The monoisotopic (exact) mass is 251 g/mol. The van der Waals surface area contributed by atoms with Crippen LogP contribution in [0.2, 0.25) is 0 Å². The quantitative estimate of drug-likeness (QED) is 0.779. The molecule has 2 N–H and O–H groups in total. The minimum atomic E-state index is -0.0223. The second-order valence-corrected chi connectivity index (χ2v) is 5.22. The average molecular weight is 251 g/mol. The highest BCUT2D eigenvalue weighted by Crippen LogP contribution is 2.19. The van der Waals surface area contributed by atoms with E-state index in [1.54, 1.807) is 0 Å². The fourth-order valence-electron chi connectivity index (χ4n) is 2.11. The van der Waals surface area contributed by atoms with Gasteiger partial charge in [0.15, 0.2) is 0 Å². The van der Waals surface area contributed by atoms with Gasteiger partial charge in [0.05, 0.1) is 12.6 Å². The minimum Gasteiger partial charge on any atom is -0.396 e. The van der Waals surface area contributed by atoms with Crippen molar-refractivity contribution in [1.82, 2.24) is 0 Å². The van der Waals surface area contributed by atoms with E-state index in [1.165, 1.54) is 5.56 Å². The standard InChI is InChI=1S/C15H25NO2/c1-12(2)10-13-4-6-14(7-5-13)16(3)15(11-18)8-9-17/h4-7,12,15,17-18H,8-11H2,1-3H3. The molecule has 1 atom stereocenters. The van der Waals surface area contributed by atoms with Crippen molar-refractivity contribution in [3.05, 3.63) is 29.8 Å². The van der Waals surface area contributed by atoms with Crippen LogP contribution < -0.4 is 4.90 Å². The van der Waals surface area contributed by atoms with Crippen LogP contribution in [-0.2, 0) is 6.42 Å². The van der Waals surface area contributed by atoms with Gasteiger partial charge in [-0.05, 0) is 36.5 Å². The molecule has 1 aromatic rings. The second-order valence-electron chi connectivity index (χ2n) is 5.22. The molecule has 0 aliphatic carbocycles. The predicted octanol–water partition coefficient (Wildman–Crippen LogP) is 2.06. The Morgan fingerprint density at radius 2 is 1.72 bits per heavy atom. The van der Waals surface area contributed by atoms with E-state index in [-0.39, 0.29) is 19.3 Å². The van der Waals surface area contributed by atoms with Gasteiger partial charge >= 0.3 is 0 Å². The summed E-state index contributed by atoms with van der Waals surface area (Å²) >= 11 is 0. The van der Waals surface area contributed by atoms with Crippen molar-refractivity contribution in [2.24, 2.45) is 5.92 Å². The number of likely N-dealkylation sites (N-methyl/N-ethyl adjacent to an activating group) is 1. The first-order valence-electron chi connectivity index (χ1n) is 6.62. The van der Waals surface area contributed by atoms with E-state index in [0.29, 0.717) is 12.3 Å². The third-order valence-corrected chi connectivity index (χ3v) is 3.21. The molecule has 0 saturated carbocycles. The maximum Gasteiger partial charge on any atom is 0.0635 e. The smallest absolute Gasteiger partial charge is 0.0635 e. The van der Waals surface area contributed by atoms with Crippen LogP contribution in [0, 0.1) is 5.92 Å². The fraction of sp³-hybridized carbons (Fsp3) is 0.600. The van der Waals surface area contributed by atoms with Crippen molar-refractivity contribution in [3.8, 4) is 0 Å². The van der Waals surface area contributed by atoms with Crippen molar-refractivity contribution < 1.29 is 10.2 Å². The summed E-state index contributed by atoms with van der Waals surface area (Å²) in [5.41, 5.74) is 2.42. The summed E-state index contributed by atoms with van der Waals surface area (Å²) in [6, 6.07) is 8.42. The Balaban J connectivity index is 2.71. The molecule has 0 spiro atoms. The van der Waals surface area contributed by atoms with Gasteiger partial charge in [0.25, 0.3) is 0 Å². The number of aliphatic hydroxyl groups excluding tert-OH is 2. The van der Waals surface area contributed by atoms with Gasteiger partial charge in [-0.25, -0.2) is 0 Å². The summed E-state index contributed by atoms with van der Waals surface area (Å²) in [4.78, 5) is 2.02. The van der Waals surface area contributed by atoms with E-state index >= 15 is 0 Å². The average Bonchev–Trinajstić information content (AvgIpc) is 2.35. The number of hydrogen-bond acceptors (Lipinski definition) is 3. The highest BCUT2D eigenvalue weighted by molar-refractivity contribution is 5.47. The number of nitrogens with zero attached hydrogens (tertiary/aromatic N) is 1.